The van der Waals surface area contributed by atoms with Gasteiger partial charge in [0, 0.05) is 29.9 Å². The summed E-state index contributed by atoms with van der Waals surface area (Å²) in [5.74, 6) is 0.758. The molecule has 1 saturated heterocycles. The molecule has 1 N–H and O–H groups in total. The van der Waals surface area contributed by atoms with Crippen molar-refractivity contribution in [3.05, 3.63) is 64.0 Å². The van der Waals surface area contributed by atoms with Crippen LogP contribution in [0.4, 0.5) is 11.4 Å². The van der Waals surface area contributed by atoms with Crippen molar-refractivity contribution in [3.8, 4) is 0 Å². The molecule has 0 spiro atoms. The SMILES string of the molecule is CCCn1c(CN2CCCCC2)nc2cc(NC(=O)c3ccc([N+](=O)[O-])cc3)ccc21. The average molecular weight is 422 g/mol. The maximum Gasteiger partial charge on any atom is 0.269 e. The predicted octanol–water partition coefficient (Wildman–Crippen LogP) is 4.59. The normalized spacial score (nSPS) is 14.6. The van der Waals surface area contributed by atoms with Crippen LogP contribution in [0.1, 0.15) is 48.8 Å². The lowest BCUT2D eigenvalue weighted by atomic mass is 10.1. The van der Waals surface area contributed by atoms with Gasteiger partial charge in [0.1, 0.15) is 5.82 Å². The van der Waals surface area contributed by atoms with E-state index in [1.54, 1.807) is 0 Å². The highest BCUT2D eigenvalue weighted by Gasteiger charge is 2.17. The number of imidazole rings is 1. The Labute approximate surface area is 181 Å². The zero-order valence-electron chi connectivity index (χ0n) is 17.7. The number of likely N-dealkylation sites (tertiary alicyclic amines) is 1. The highest BCUT2D eigenvalue weighted by atomic mass is 16.6. The number of benzene rings is 2. The fourth-order valence-corrected chi connectivity index (χ4v) is 4.11. The third-order valence-electron chi connectivity index (χ3n) is 5.69. The van der Waals surface area contributed by atoms with Gasteiger partial charge in [-0.1, -0.05) is 13.3 Å². The second-order valence-corrected chi connectivity index (χ2v) is 7.98. The lowest BCUT2D eigenvalue weighted by Crippen LogP contribution is -2.30. The highest BCUT2D eigenvalue weighted by Crippen LogP contribution is 2.23. The molecule has 0 radical (unpaired) electrons. The largest absolute Gasteiger partial charge is 0.327 e. The standard InChI is InChI=1S/C23H27N5O3/c1-2-12-27-21-11-8-18(24-23(29)17-6-9-19(10-7-17)28(30)31)15-20(21)25-22(27)16-26-13-4-3-5-14-26/h6-11,15H,2-5,12-14,16H2,1H3,(H,24,29). The van der Waals surface area contributed by atoms with Crippen LogP contribution >= 0.6 is 0 Å². The quantitative estimate of drug-likeness (QED) is 0.445. The maximum atomic E-state index is 12.6. The number of nitrogens with zero attached hydrogens (tertiary/aromatic N) is 4. The Morgan fingerprint density at radius 1 is 1.13 bits per heavy atom. The van der Waals surface area contributed by atoms with E-state index >= 15 is 0 Å². The minimum absolute atomic E-state index is 0.0410. The molecule has 1 aromatic heterocycles. The Morgan fingerprint density at radius 2 is 1.87 bits per heavy atom. The molecule has 0 unspecified atom stereocenters. The van der Waals surface area contributed by atoms with Gasteiger partial charge >= 0.3 is 0 Å². The van der Waals surface area contributed by atoms with Crippen molar-refractivity contribution < 1.29 is 9.72 Å². The number of piperidine rings is 1. The number of nitrogens with one attached hydrogen (secondary N) is 1. The molecule has 1 aliphatic rings. The fraction of sp³-hybridized carbons (Fsp3) is 0.391. The minimum Gasteiger partial charge on any atom is -0.327 e. The molecule has 1 fully saturated rings. The number of non-ortho nitro benzene ring substituents is 1. The predicted molar refractivity (Wildman–Crippen MR) is 120 cm³/mol. The van der Waals surface area contributed by atoms with E-state index in [0.717, 1.165) is 49.5 Å². The first-order valence-electron chi connectivity index (χ1n) is 10.8. The van der Waals surface area contributed by atoms with Gasteiger partial charge in [-0.3, -0.25) is 19.8 Å². The topological polar surface area (TPSA) is 93.3 Å². The second kappa shape index (κ2) is 9.26. The van der Waals surface area contributed by atoms with Gasteiger partial charge < -0.3 is 9.88 Å². The van der Waals surface area contributed by atoms with Crippen molar-refractivity contribution in [2.24, 2.45) is 0 Å². The summed E-state index contributed by atoms with van der Waals surface area (Å²) in [6.07, 6.45) is 4.82. The van der Waals surface area contributed by atoms with Crippen LogP contribution in [0.3, 0.4) is 0 Å². The van der Waals surface area contributed by atoms with Gasteiger partial charge in [-0.25, -0.2) is 4.98 Å². The number of hydrogen-bond acceptors (Lipinski definition) is 5. The lowest BCUT2D eigenvalue weighted by Gasteiger charge is -2.26. The first-order chi connectivity index (χ1) is 15.0. The van der Waals surface area contributed by atoms with E-state index in [9.17, 15) is 14.9 Å². The zero-order chi connectivity index (χ0) is 21.8. The van der Waals surface area contributed by atoms with E-state index in [2.05, 4.69) is 21.7 Å². The van der Waals surface area contributed by atoms with Crippen LogP contribution in [-0.2, 0) is 13.1 Å². The highest BCUT2D eigenvalue weighted by molar-refractivity contribution is 6.05. The smallest absolute Gasteiger partial charge is 0.269 e. The van der Waals surface area contributed by atoms with Crippen molar-refractivity contribution in [3.63, 3.8) is 0 Å². The summed E-state index contributed by atoms with van der Waals surface area (Å²) in [5.41, 5.74) is 2.92. The average Bonchev–Trinajstić information content (AvgIpc) is 3.11. The molecule has 1 amide bonds. The maximum absolute atomic E-state index is 12.6. The Kier molecular flexibility index (Phi) is 6.27. The number of nitro benzene ring substituents is 1. The summed E-state index contributed by atoms with van der Waals surface area (Å²) in [5, 5.41) is 13.7. The molecule has 0 bridgehead atoms. The van der Waals surface area contributed by atoms with E-state index < -0.39 is 4.92 Å². The zero-order valence-corrected chi connectivity index (χ0v) is 17.7. The van der Waals surface area contributed by atoms with Crippen molar-refractivity contribution in [2.75, 3.05) is 18.4 Å². The molecule has 3 aromatic rings. The molecule has 31 heavy (non-hydrogen) atoms. The number of rotatable bonds is 7. The van der Waals surface area contributed by atoms with Crippen LogP contribution in [-0.4, -0.2) is 38.4 Å². The summed E-state index contributed by atoms with van der Waals surface area (Å²) >= 11 is 0. The molecule has 162 valence electrons. The van der Waals surface area contributed by atoms with Crippen LogP contribution in [0.25, 0.3) is 11.0 Å². The molecule has 4 rings (SSSR count). The second-order valence-electron chi connectivity index (χ2n) is 7.98. The van der Waals surface area contributed by atoms with Crippen LogP contribution in [0, 0.1) is 10.1 Å². The first kappa shape index (κ1) is 21.0. The summed E-state index contributed by atoms with van der Waals surface area (Å²) < 4.78 is 2.28. The number of carbonyl (C=O) groups is 1. The van der Waals surface area contributed by atoms with Crippen molar-refractivity contribution in [2.45, 2.75) is 45.7 Å². The van der Waals surface area contributed by atoms with E-state index in [4.69, 9.17) is 4.98 Å². The number of fused-ring (bicyclic) bond motifs is 1. The van der Waals surface area contributed by atoms with E-state index in [1.807, 2.05) is 18.2 Å². The number of hydrogen-bond donors (Lipinski definition) is 1. The van der Waals surface area contributed by atoms with Gasteiger partial charge in [0.2, 0.25) is 0 Å². The van der Waals surface area contributed by atoms with Crippen molar-refractivity contribution >= 4 is 28.3 Å². The molecular formula is C23H27N5O3. The van der Waals surface area contributed by atoms with Gasteiger partial charge in [-0.15, -0.1) is 0 Å². The number of nitro groups is 1. The van der Waals surface area contributed by atoms with E-state index in [-0.39, 0.29) is 11.6 Å². The summed E-state index contributed by atoms with van der Waals surface area (Å²) in [6.45, 7) is 6.15. The molecular weight excluding hydrogens is 394 g/mol. The van der Waals surface area contributed by atoms with E-state index in [1.165, 1.54) is 43.5 Å². The molecule has 0 aliphatic carbocycles. The van der Waals surface area contributed by atoms with Gasteiger partial charge in [-0.2, -0.15) is 0 Å². The Bertz CT molecular complexity index is 1080. The van der Waals surface area contributed by atoms with Crippen LogP contribution in [0.15, 0.2) is 42.5 Å². The third kappa shape index (κ3) is 4.74. The minimum atomic E-state index is -0.482. The lowest BCUT2D eigenvalue weighted by molar-refractivity contribution is -0.384. The third-order valence-corrected chi connectivity index (χ3v) is 5.69. The Balaban J connectivity index is 1.55. The first-order valence-corrected chi connectivity index (χ1v) is 10.8. The number of aryl methyl sites for hydroxylation is 1. The molecule has 2 aromatic carbocycles. The number of aromatic nitrogens is 2. The van der Waals surface area contributed by atoms with Crippen LogP contribution in [0.2, 0.25) is 0 Å². The number of anilines is 1. The fourth-order valence-electron chi connectivity index (χ4n) is 4.11. The number of carbonyl (C=O) groups excluding carboxylic acids is 1. The Morgan fingerprint density at radius 3 is 2.55 bits per heavy atom. The van der Waals surface area contributed by atoms with Gasteiger partial charge in [-0.05, 0) is 62.7 Å². The molecule has 0 atom stereocenters. The van der Waals surface area contributed by atoms with Gasteiger partial charge in [0.15, 0.2) is 0 Å². The molecule has 8 heteroatoms. The molecule has 1 aliphatic heterocycles. The van der Waals surface area contributed by atoms with Crippen LogP contribution < -0.4 is 5.32 Å². The Hall–Kier alpha value is -3.26. The molecule has 8 nitrogen and oxygen atoms in total. The molecule has 0 saturated carbocycles. The molecule has 2 heterocycles. The summed E-state index contributed by atoms with van der Waals surface area (Å²) in [7, 11) is 0. The summed E-state index contributed by atoms with van der Waals surface area (Å²) in [6, 6.07) is 11.4. The summed E-state index contributed by atoms with van der Waals surface area (Å²) in [4.78, 5) is 30.2. The van der Waals surface area contributed by atoms with Crippen molar-refractivity contribution in [1.29, 1.82) is 0 Å². The van der Waals surface area contributed by atoms with Crippen molar-refractivity contribution in [1.82, 2.24) is 14.5 Å². The monoisotopic (exact) mass is 421 g/mol. The van der Waals surface area contributed by atoms with Gasteiger partial charge in [0.25, 0.3) is 11.6 Å². The van der Waals surface area contributed by atoms with Crippen LogP contribution in [0.5, 0.6) is 0 Å². The van der Waals surface area contributed by atoms with Gasteiger partial charge in [0.05, 0.1) is 22.5 Å². The van der Waals surface area contributed by atoms with E-state index in [0.29, 0.717) is 11.3 Å². The number of amides is 1.